The lowest BCUT2D eigenvalue weighted by Gasteiger charge is -1.97. The standard InChI is InChI=1S/C10H13N3OS.ClH/c1-5-6(2)15-10-8(5)9(14)12-7(13-10)3-4-11;/h3-4,11H2,1-2H3,(H,12,13,14);1H. The van der Waals surface area contributed by atoms with Crippen LogP contribution in [0.2, 0.25) is 0 Å². The van der Waals surface area contributed by atoms with Gasteiger partial charge in [-0.05, 0) is 26.0 Å². The fourth-order valence-corrected chi connectivity index (χ4v) is 2.60. The molecule has 0 saturated carbocycles. The highest BCUT2D eigenvalue weighted by Crippen LogP contribution is 2.25. The van der Waals surface area contributed by atoms with E-state index < -0.39 is 0 Å². The molecule has 0 amide bonds. The molecule has 2 aromatic rings. The van der Waals surface area contributed by atoms with Crippen LogP contribution < -0.4 is 11.3 Å². The summed E-state index contributed by atoms with van der Waals surface area (Å²) in [6, 6.07) is 0. The SMILES string of the molecule is Cc1sc2nc(CCN)[nH]c(=O)c2c1C.Cl. The molecule has 0 fully saturated rings. The summed E-state index contributed by atoms with van der Waals surface area (Å²) < 4.78 is 0. The van der Waals surface area contributed by atoms with Crippen LogP contribution in [0.15, 0.2) is 4.79 Å². The number of H-pyrrole nitrogens is 1. The minimum absolute atomic E-state index is 0. The molecule has 16 heavy (non-hydrogen) atoms. The van der Waals surface area contributed by atoms with Crippen molar-refractivity contribution in [1.29, 1.82) is 0 Å². The van der Waals surface area contributed by atoms with Crippen molar-refractivity contribution in [3.63, 3.8) is 0 Å². The Morgan fingerprint density at radius 1 is 1.44 bits per heavy atom. The zero-order chi connectivity index (χ0) is 11.0. The normalized spacial score (nSPS) is 10.4. The van der Waals surface area contributed by atoms with Crippen molar-refractivity contribution in [2.24, 2.45) is 5.73 Å². The molecule has 0 aliphatic heterocycles. The quantitative estimate of drug-likeness (QED) is 0.859. The molecule has 2 rings (SSSR count). The van der Waals surface area contributed by atoms with Gasteiger partial charge in [-0.15, -0.1) is 23.7 Å². The van der Waals surface area contributed by atoms with E-state index in [1.54, 1.807) is 11.3 Å². The van der Waals surface area contributed by atoms with Crippen molar-refractivity contribution in [2.75, 3.05) is 6.54 Å². The summed E-state index contributed by atoms with van der Waals surface area (Å²) in [5, 5.41) is 0.721. The Balaban J connectivity index is 0.00000128. The number of rotatable bonds is 2. The lowest BCUT2D eigenvalue weighted by Crippen LogP contribution is -2.14. The topological polar surface area (TPSA) is 71.8 Å². The third-order valence-electron chi connectivity index (χ3n) is 2.47. The molecule has 3 N–H and O–H groups in total. The number of aromatic amines is 1. The maximum atomic E-state index is 11.8. The van der Waals surface area contributed by atoms with Crippen LogP contribution in [0.1, 0.15) is 16.3 Å². The van der Waals surface area contributed by atoms with Gasteiger partial charge in [0.15, 0.2) is 0 Å². The minimum atomic E-state index is -0.0506. The Morgan fingerprint density at radius 2 is 2.12 bits per heavy atom. The second-order valence-electron chi connectivity index (χ2n) is 3.51. The Hall–Kier alpha value is -0.910. The van der Waals surface area contributed by atoms with Crippen molar-refractivity contribution in [3.05, 3.63) is 26.6 Å². The molecule has 0 bridgehead atoms. The lowest BCUT2D eigenvalue weighted by atomic mass is 10.2. The van der Waals surface area contributed by atoms with Gasteiger partial charge in [-0.25, -0.2) is 4.98 Å². The number of hydrogen-bond donors (Lipinski definition) is 2. The molecule has 2 aromatic heterocycles. The monoisotopic (exact) mass is 259 g/mol. The molecule has 0 aromatic carbocycles. The summed E-state index contributed by atoms with van der Waals surface area (Å²) in [5.41, 5.74) is 6.41. The predicted molar refractivity (Wildman–Crippen MR) is 69.7 cm³/mol. The highest BCUT2D eigenvalue weighted by Gasteiger charge is 2.10. The van der Waals surface area contributed by atoms with Gasteiger partial charge in [0, 0.05) is 11.3 Å². The van der Waals surface area contributed by atoms with E-state index in [2.05, 4.69) is 9.97 Å². The summed E-state index contributed by atoms with van der Waals surface area (Å²) in [5.74, 6) is 0.677. The van der Waals surface area contributed by atoms with E-state index in [9.17, 15) is 4.79 Å². The maximum Gasteiger partial charge on any atom is 0.259 e. The fourth-order valence-electron chi connectivity index (χ4n) is 1.55. The number of fused-ring (bicyclic) bond motifs is 1. The van der Waals surface area contributed by atoms with Gasteiger partial charge in [0.1, 0.15) is 10.7 Å². The largest absolute Gasteiger partial charge is 0.330 e. The summed E-state index contributed by atoms with van der Waals surface area (Å²) in [6.07, 6.45) is 0.612. The van der Waals surface area contributed by atoms with Crippen LogP contribution in [0, 0.1) is 13.8 Å². The van der Waals surface area contributed by atoms with Crippen molar-refractivity contribution >= 4 is 34.0 Å². The van der Waals surface area contributed by atoms with E-state index >= 15 is 0 Å². The van der Waals surface area contributed by atoms with E-state index in [0.717, 1.165) is 20.7 Å². The first-order valence-electron chi connectivity index (χ1n) is 4.82. The second-order valence-corrected chi connectivity index (χ2v) is 4.72. The molecular weight excluding hydrogens is 246 g/mol. The van der Waals surface area contributed by atoms with Crippen molar-refractivity contribution in [2.45, 2.75) is 20.3 Å². The Morgan fingerprint density at radius 3 is 2.75 bits per heavy atom. The van der Waals surface area contributed by atoms with Crippen molar-refractivity contribution in [3.8, 4) is 0 Å². The van der Waals surface area contributed by atoms with Crippen LogP contribution in [0.3, 0.4) is 0 Å². The van der Waals surface area contributed by atoms with Crippen LogP contribution in [0.5, 0.6) is 0 Å². The molecule has 2 heterocycles. The number of halogens is 1. The van der Waals surface area contributed by atoms with E-state index in [1.807, 2.05) is 13.8 Å². The molecule has 0 atom stereocenters. The molecule has 0 radical (unpaired) electrons. The lowest BCUT2D eigenvalue weighted by molar-refractivity contribution is 0.872. The van der Waals surface area contributed by atoms with Gasteiger partial charge in [-0.2, -0.15) is 0 Å². The summed E-state index contributed by atoms with van der Waals surface area (Å²) in [7, 11) is 0. The second kappa shape index (κ2) is 4.95. The number of aryl methyl sites for hydroxylation is 2. The smallest absolute Gasteiger partial charge is 0.259 e. The number of nitrogens with two attached hydrogens (primary N) is 1. The van der Waals surface area contributed by atoms with Crippen LogP contribution >= 0.6 is 23.7 Å². The Bertz CT molecular complexity index is 561. The Kier molecular flexibility index (Phi) is 4.07. The number of thiophene rings is 1. The van der Waals surface area contributed by atoms with Gasteiger partial charge in [-0.1, -0.05) is 0 Å². The third kappa shape index (κ3) is 2.11. The predicted octanol–water partition coefficient (Wildman–Crippen LogP) is 1.52. The summed E-state index contributed by atoms with van der Waals surface area (Å²) >= 11 is 1.56. The summed E-state index contributed by atoms with van der Waals surface area (Å²) in [4.78, 5) is 20.9. The van der Waals surface area contributed by atoms with Gasteiger partial charge < -0.3 is 10.7 Å². The first-order chi connectivity index (χ1) is 7.13. The van der Waals surface area contributed by atoms with Gasteiger partial charge in [0.25, 0.3) is 5.56 Å². The fraction of sp³-hybridized carbons (Fsp3) is 0.400. The van der Waals surface area contributed by atoms with E-state index in [4.69, 9.17) is 5.73 Å². The average Bonchev–Trinajstić information content (AvgIpc) is 2.43. The zero-order valence-electron chi connectivity index (χ0n) is 9.16. The van der Waals surface area contributed by atoms with Gasteiger partial charge in [0.05, 0.1) is 5.39 Å². The number of aromatic nitrogens is 2. The van der Waals surface area contributed by atoms with Crippen LogP contribution in [-0.2, 0) is 6.42 Å². The zero-order valence-corrected chi connectivity index (χ0v) is 10.8. The first-order valence-corrected chi connectivity index (χ1v) is 5.64. The molecule has 4 nitrogen and oxygen atoms in total. The average molecular weight is 260 g/mol. The molecule has 0 saturated heterocycles. The Labute approximate surface area is 103 Å². The van der Waals surface area contributed by atoms with Crippen LogP contribution in [0.25, 0.3) is 10.2 Å². The minimum Gasteiger partial charge on any atom is -0.330 e. The molecule has 0 spiro atoms. The van der Waals surface area contributed by atoms with E-state index in [-0.39, 0.29) is 18.0 Å². The summed E-state index contributed by atoms with van der Waals surface area (Å²) in [6.45, 7) is 4.45. The van der Waals surface area contributed by atoms with Gasteiger partial charge >= 0.3 is 0 Å². The number of nitrogens with zero attached hydrogens (tertiary/aromatic N) is 1. The van der Waals surface area contributed by atoms with Crippen LogP contribution in [-0.4, -0.2) is 16.5 Å². The van der Waals surface area contributed by atoms with E-state index in [1.165, 1.54) is 0 Å². The molecule has 6 heteroatoms. The number of hydrogen-bond acceptors (Lipinski definition) is 4. The van der Waals surface area contributed by atoms with Crippen molar-refractivity contribution in [1.82, 2.24) is 9.97 Å². The van der Waals surface area contributed by atoms with Gasteiger partial charge in [0.2, 0.25) is 0 Å². The van der Waals surface area contributed by atoms with Crippen LogP contribution in [0.4, 0.5) is 0 Å². The molecule has 0 aliphatic carbocycles. The molecule has 0 unspecified atom stereocenters. The van der Waals surface area contributed by atoms with E-state index in [0.29, 0.717) is 18.8 Å². The highest BCUT2D eigenvalue weighted by atomic mass is 35.5. The molecular formula is C10H14ClN3OS. The first kappa shape index (κ1) is 13.2. The maximum absolute atomic E-state index is 11.8. The molecule has 0 aliphatic rings. The number of nitrogens with one attached hydrogen (secondary N) is 1. The van der Waals surface area contributed by atoms with Gasteiger partial charge in [-0.3, -0.25) is 4.79 Å². The molecule has 88 valence electrons. The van der Waals surface area contributed by atoms with Crippen molar-refractivity contribution < 1.29 is 0 Å². The third-order valence-corrected chi connectivity index (χ3v) is 3.57. The highest BCUT2D eigenvalue weighted by molar-refractivity contribution is 7.18.